The van der Waals surface area contributed by atoms with Crippen molar-refractivity contribution >= 4 is 22.6 Å². The Morgan fingerprint density at radius 2 is 1.73 bits per heavy atom. The van der Waals surface area contributed by atoms with Crippen molar-refractivity contribution in [2.75, 3.05) is 31.5 Å². The summed E-state index contributed by atoms with van der Waals surface area (Å²) in [5.74, 6) is 2.86. The summed E-state index contributed by atoms with van der Waals surface area (Å²) in [4.78, 5) is 26.8. The van der Waals surface area contributed by atoms with Crippen LogP contribution in [-0.2, 0) is 11.3 Å². The van der Waals surface area contributed by atoms with Gasteiger partial charge in [0.05, 0.1) is 12.1 Å². The minimum Gasteiger partial charge on any atom is -0.368 e. The van der Waals surface area contributed by atoms with Crippen molar-refractivity contribution in [3.05, 3.63) is 30.1 Å². The molecule has 1 amide bonds. The Balaban J connectivity index is 1.45. The molecule has 1 aliphatic heterocycles. The first-order chi connectivity index (χ1) is 15.8. The maximum Gasteiger partial charge on any atom is 0.240 e. The third kappa shape index (κ3) is 5.82. The highest BCUT2D eigenvalue weighted by molar-refractivity contribution is 5.91. The van der Waals surface area contributed by atoms with Crippen molar-refractivity contribution in [3.63, 3.8) is 0 Å². The SMILES string of the molecule is CC1CC(C)CC(N2CCN(Cc3nc(N[C@H](C(N)=O)C(C)C)c4ccccc4n3)CC2)C1. The molecule has 2 aromatic rings. The van der Waals surface area contributed by atoms with Gasteiger partial charge < -0.3 is 11.1 Å². The number of fused-ring (bicyclic) bond motifs is 1. The summed E-state index contributed by atoms with van der Waals surface area (Å²) in [6.45, 7) is 13.8. The number of anilines is 1. The molecule has 0 bridgehead atoms. The van der Waals surface area contributed by atoms with Crippen LogP contribution >= 0.6 is 0 Å². The number of nitrogens with one attached hydrogen (secondary N) is 1. The molecule has 7 heteroatoms. The Bertz CT molecular complexity index is 945. The largest absolute Gasteiger partial charge is 0.368 e. The van der Waals surface area contributed by atoms with Crippen LogP contribution in [0.25, 0.3) is 10.9 Å². The van der Waals surface area contributed by atoms with Gasteiger partial charge in [-0.1, -0.05) is 39.8 Å². The Morgan fingerprint density at radius 1 is 1.06 bits per heavy atom. The number of aromatic nitrogens is 2. The van der Waals surface area contributed by atoms with Crippen molar-refractivity contribution < 1.29 is 4.79 Å². The molecule has 2 aliphatic rings. The summed E-state index contributed by atoms with van der Waals surface area (Å²) in [6, 6.07) is 8.22. The number of primary amides is 1. The maximum atomic E-state index is 12.0. The summed E-state index contributed by atoms with van der Waals surface area (Å²) in [5.41, 5.74) is 6.54. The van der Waals surface area contributed by atoms with Gasteiger partial charge in [-0.2, -0.15) is 0 Å². The molecule has 1 aromatic carbocycles. The fraction of sp³-hybridized carbons (Fsp3) is 0.654. The predicted octanol–water partition coefficient (Wildman–Crippen LogP) is 3.49. The molecule has 2 heterocycles. The van der Waals surface area contributed by atoms with Crippen molar-refractivity contribution in [1.29, 1.82) is 0 Å². The van der Waals surface area contributed by atoms with E-state index in [-0.39, 0.29) is 11.8 Å². The summed E-state index contributed by atoms with van der Waals surface area (Å²) < 4.78 is 0. The number of nitrogens with zero attached hydrogens (tertiary/aromatic N) is 4. The Kier molecular flexibility index (Phi) is 7.49. The van der Waals surface area contributed by atoms with E-state index in [1.54, 1.807) is 0 Å². The van der Waals surface area contributed by atoms with E-state index in [1.807, 2.05) is 38.1 Å². The average molecular weight is 453 g/mol. The second-order valence-corrected chi connectivity index (χ2v) is 10.7. The zero-order chi connectivity index (χ0) is 23.5. The number of nitrogens with two attached hydrogens (primary N) is 1. The lowest BCUT2D eigenvalue weighted by molar-refractivity contribution is -0.119. The highest BCUT2D eigenvalue weighted by atomic mass is 16.1. The lowest BCUT2D eigenvalue weighted by atomic mass is 9.79. The number of benzene rings is 1. The highest BCUT2D eigenvalue weighted by Gasteiger charge is 2.30. The van der Waals surface area contributed by atoms with Gasteiger partial charge in [-0.15, -0.1) is 0 Å². The molecule has 1 aliphatic carbocycles. The Morgan fingerprint density at radius 3 is 2.36 bits per heavy atom. The first-order valence-electron chi connectivity index (χ1n) is 12.6. The van der Waals surface area contributed by atoms with E-state index in [2.05, 4.69) is 29.0 Å². The number of carbonyl (C=O) groups is 1. The molecule has 3 atom stereocenters. The van der Waals surface area contributed by atoms with Crippen LogP contribution in [0.1, 0.15) is 52.8 Å². The summed E-state index contributed by atoms with van der Waals surface area (Å²) in [5, 5.41) is 4.22. The topological polar surface area (TPSA) is 87.4 Å². The minimum atomic E-state index is -0.472. The molecule has 4 rings (SSSR count). The quantitative estimate of drug-likeness (QED) is 0.669. The van der Waals surface area contributed by atoms with E-state index in [0.717, 1.165) is 60.8 Å². The predicted molar refractivity (Wildman–Crippen MR) is 134 cm³/mol. The lowest BCUT2D eigenvalue weighted by Gasteiger charge is -2.43. The van der Waals surface area contributed by atoms with E-state index >= 15 is 0 Å². The number of rotatable bonds is 7. The molecule has 1 saturated heterocycles. The van der Waals surface area contributed by atoms with Gasteiger partial charge in [0.1, 0.15) is 17.7 Å². The number of amides is 1. The second kappa shape index (κ2) is 10.3. The van der Waals surface area contributed by atoms with Gasteiger partial charge in [0, 0.05) is 37.6 Å². The fourth-order valence-corrected chi connectivity index (χ4v) is 5.71. The molecule has 1 saturated carbocycles. The zero-order valence-electron chi connectivity index (χ0n) is 20.6. The molecule has 2 unspecified atom stereocenters. The summed E-state index contributed by atoms with van der Waals surface area (Å²) in [6.07, 6.45) is 4.05. The van der Waals surface area contributed by atoms with Crippen LogP contribution in [0.4, 0.5) is 5.82 Å². The summed E-state index contributed by atoms with van der Waals surface area (Å²) in [7, 11) is 0. The maximum absolute atomic E-state index is 12.0. The Labute approximate surface area is 198 Å². The van der Waals surface area contributed by atoms with Crippen LogP contribution in [-0.4, -0.2) is 63.9 Å². The van der Waals surface area contributed by atoms with Gasteiger partial charge in [0.2, 0.25) is 5.91 Å². The van der Waals surface area contributed by atoms with Crippen LogP contribution in [0.3, 0.4) is 0 Å². The van der Waals surface area contributed by atoms with E-state index in [4.69, 9.17) is 15.7 Å². The van der Waals surface area contributed by atoms with Gasteiger partial charge in [-0.25, -0.2) is 9.97 Å². The Hall–Kier alpha value is -2.25. The van der Waals surface area contributed by atoms with Crippen molar-refractivity contribution in [2.24, 2.45) is 23.5 Å². The van der Waals surface area contributed by atoms with Crippen molar-refractivity contribution in [2.45, 2.75) is 65.6 Å². The first kappa shape index (κ1) is 23.9. The molecule has 1 aromatic heterocycles. The normalized spacial score (nSPS) is 25.9. The van der Waals surface area contributed by atoms with Crippen LogP contribution < -0.4 is 11.1 Å². The van der Waals surface area contributed by atoms with Gasteiger partial charge in [0.25, 0.3) is 0 Å². The van der Waals surface area contributed by atoms with Crippen molar-refractivity contribution in [3.8, 4) is 0 Å². The average Bonchev–Trinajstić information content (AvgIpc) is 2.76. The molecule has 2 fully saturated rings. The molecular weight excluding hydrogens is 412 g/mol. The van der Waals surface area contributed by atoms with E-state index in [1.165, 1.54) is 19.3 Å². The van der Waals surface area contributed by atoms with Gasteiger partial charge in [0.15, 0.2) is 0 Å². The standard InChI is InChI=1S/C26H40N6O/c1-17(2)24(25(27)33)30-26-21-7-5-6-8-22(21)28-23(29-26)16-31-9-11-32(12-10-31)20-14-18(3)13-19(4)15-20/h5-8,17-20,24H,9-16H2,1-4H3,(H2,27,33)(H,28,29,30)/t18?,19?,20?,24-/m0/s1. The fourth-order valence-electron chi connectivity index (χ4n) is 5.71. The third-order valence-corrected chi connectivity index (χ3v) is 7.36. The molecule has 180 valence electrons. The smallest absolute Gasteiger partial charge is 0.240 e. The molecule has 0 radical (unpaired) electrons. The van der Waals surface area contributed by atoms with E-state index < -0.39 is 6.04 Å². The lowest BCUT2D eigenvalue weighted by Crippen LogP contribution is -2.51. The third-order valence-electron chi connectivity index (χ3n) is 7.36. The first-order valence-corrected chi connectivity index (χ1v) is 12.6. The van der Waals surface area contributed by atoms with E-state index in [0.29, 0.717) is 12.4 Å². The van der Waals surface area contributed by atoms with Crippen LogP contribution in [0.15, 0.2) is 24.3 Å². The van der Waals surface area contributed by atoms with Crippen LogP contribution in [0.5, 0.6) is 0 Å². The minimum absolute atomic E-state index is 0.0676. The number of hydrogen-bond acceptors (Lipinski definition) is 6. The van der Waals surface area contributed by atoms with Gasteiger partial charge in [-0.05, 0) is 49.1 Å². The molecule has 7 nitrogen and oxygen atoms in total. The van der Waals surface area contributed by atoms with Gasteiger partial charge in [-0.3, -0.25) is 14.6 Å². The molecule has 0 spiro atoms. The number of para-hydroxylation sites is 1. The zero-order valence-corrected chi connectivity index (χ0v) is 20.6. The molecule has 3 N–H and O–H groups in total. The second-order valence-electron chi connectivity index (χ2n) is 10.7. The number of hydrogen-bond donors (Lipinski definition) is 2. The van der Waals surface area contributed by atoms with E-state index in [9.17, 15) is 4.79 Å². The highest BCUT2D eigenvalue weighted by Crippen LogP contribution is 2.32. The molecule has 33 heavy (non-hydrogen) atoms. The summed E-state index contributed by atoms with van der Waals surface area (Å²) >= 11 is 0. The van der Waals surface area contributed by atoms with Gasteiger partial charge >= 0.3 is 0 Å². The van der Waals surface area contributed by atoms with Crippen molar-refractivity contribution in [1.82, 2.24) is 19.8 Å². The molecular formula is C26H40N6O. The monoisotopic (exact) mass is 452 g/mol. The number of carbonyl (C=O) groups excluding carboxylic acids is 1. The number of piperazine rings is 1. The van der Waals surface area contributed by atoms with Crippen LogP contribution in [0, 0.1) is 17.8 Å². The van der Waals surface area contributed by atoms with Crippen LogP contribution in [0.2, 0.25) is 0 Å².